The number of hydrogen-bond acceptors (Lipinski definition) is 5. The Kier molecular flexibility index (Phi) is 4.93. The van der Waals surface area contributed by atoms with Crippen LogP contribution < -0.4 is 5.43 Å². The fraction of sp³-hybridized carbons (Fsp3) is 0.381. The molecular formula is C21H24N4O2S. The molecule has 28 heavy (non-hydrogen) atoms. The molecule has 3 heterocycles. The monoisotopic (exact) mass is 396 g/mol. The third kappa shape index (κ3) is 3.54. The predicted octanol–water partition coefficient (Wildman–Crippen LogP) is 4.34. The van der Waals surface area contributed by atoms with Gasteiger partial charge in [0.1, 0.15) is 5.76 Å². The molecule has 0 aromatic carbocycles. The van der Waals surface area contributed by atoms with Crippen LogP contribution in [0.3, 0.4) is 0 Å². The molecule has 0 bridgehead atoms. The lowest BCUT2D eigenvalue weighted by Crippen LogP contribution is -2.16. The van der Waals surface area contributed by atoms with E-state index in [1.807, 2.05) is 43.5 Å². The molecule has 0 spiro atoms. The van der Waals surface area contributed by atoms with Crippen LogP contribution in [0.15, 0.2) is 27.8 Å². The molecule has 3 aromatic rings. The topological polar surface area (TPSA) is 72.4 Å². The molecule has 6 nitrogen and oxygen atoms in total. The molecule has 146 valence electrons. The predicted molar refractivity (Wildman–Crippen MR) is 111 cm³/mol. The lowest BCUT2D eigenvalue weighted by molar-refractivity contribution is 0.0959. The Balaban J connectivity index is 1.47. The summed E-state index contributed by atoms with van der Waals surface area (Å²) in [7, 11) is 0. The van der Waals surface area contributed by atoms with Crippen LogP contribution in [0.5, 0.6) is 0 Å². The second-order valence-corrected chi connectivity index (χ2v) is 8.70. The summed E-state index contributed by atoms with van der Waals surface area (Å²) in [6.07, 6.45) is 5.02. The highest BCUT2D eigenvalue weighted by molar-refractivity contribution is 7.14. The van der Waals surface area contributed by atoms with Crippen molar-refractivity contribution in [3.8, 4) is 5.82 Å². The number of rotatable bonds is 4. The van der Waals surface area contributed by atoms with E-state index in [4.69, 9.17) is 4.52 Å². The number of aromatic nitrogens is 2. The first kappa shape index (κ1) is 18.7. The van der Waals surface area contributed by atoms with Gasteiger partial charge in [-0.2, -0.15) is 5.10 Å². The largest absolute Gasteiger partial charge is 0.360 e. The third-order valence-electron chi connectivity index (χ3n) is 5.24. The summed E-state index contributed by atoms with van der Waals surface area (Å²) in [5.41, 5.74) is 6.93. The van der Waals surface area contributed by atoms with Crippen molar-refractivity contribution in [3.63, 3.8) is 0 Å². The molecule has 0 fully saturated rings. The van der Waals surface area contributed by atoms with Gasteiger partial charge in [-0.05, 0) is 63.6 Å². The molecule has 0 aliphatic heterocycles. The van der Waals surface area contributed by atoms with Gasteiger partial charge in [-0.15, -0.1) is 11.3 Å². The summed E-state index contributed by atoms with van der Waals surface area (Å²) < 4.78 is 7.19. The zero-order valence-electron chi connectivity index (χ0n) is 16.6. The number of carbonyl (C=O) groups excluding carboxylic acids is 1. The normalized spacial score (nSPS) is 16.5. The molecule has 0 saturated heterocycles. The summed E-state index contributed by atoms with van der Waals surface area (Å²) in [6, 6.07) is 5.93. The van der Waals surface area contributed by atoms with Crippen LogP contribution in [0.4, 0.5) is 0 Å². The Hall–Kier alpha value is -2.67. The Labute approximate surface area is 168 Å². The highest BCUT2D eigenvalue weighted by Gasteiger charge is 2.20. The van der Waals surface area contributed by atoms with E-state index in [0.717, 1.165) is 46.2 Å². The molecule has 1 amide bonds. The van der Waals surface area contributed by atoms with Crippen LogP contribution in [0.25, 0.3) is 5.82 Å². The van der Waals surface area contributed by atoms with Crippen LogP contribution in [0.1, 0.15) is 56.2 Å². The summed E-state index contributed by atoms with van der Waals surface area (Å²) in [5, 5.41) is 8.26. The number of nitrogens with zero attached hydrogens (tertiary/aromatic N) is 3. The first-order valence-corrected chi connectivity index (χ1v) is 10.3. The standard InChI is InChI=1S/C21H24N4O2S/c1-12-5-6-18-16(7-12)10-19(28-18)21(26)23-22-11-17-8-13(2)25(15(17)4)20-9-14(3)27-24-20/h8-12H,5-7H2,1-4H3,(H,23,26)/b22-11-/t12-/m1/s1. The van der Waals surface area contributed by atoms with Crippen molar-refractivity contribution in [2.24, 2.45) is 11.0 Å². The number of hydrogen-bond donors (Lipinski definition) is 1. The number of hydrazone groups is 1. The van der Waals surface area contributed by atoms with Crippen molar-refractivity contribution in [2.45, 2.75) is 47.0 Å². The summed E-state index contributed by atoms with van der Waals surface area (Å²) in [4.78, 5) is 14.6. The van der Waals surface area contributed by atoms with E-state index in [1.54, 1.807) is 17.6 Å². The minimum absolute atomic E-state index is 0.149. The smallest absolute Gasteiger partial charge is 0.281 e. The number of fused-ring (bicyclic) bond motifs is 1. The van der Waals surface area contributed by atoms with Gasteiger partial charge in [-0.25, -0.2) is 5.43 Å². The fourth-order valence-electron chi connectivity index (χ4n) is 3.76. The lowest BCUT2D eigenvalue weighted by Gasteiger charge is -2.16. The zero-order chi connectivity index (χ0) is 19.8. The average Bonchev–Trinajstić information content (AvgIpc) is 3.32. The Morgan fingerprint density at radius 2 is 2.18 bits per heavy atom. The van der Waals surface area contributed by atoms with Crippen molar-refractivity contribution in [1.82, 2.24) is 15.1 Å². The number of aryl methyl sites for hydroxylation is 3. The maximum Gasteiger partial charge on any atom is 0.281 e. The Morgan fingerprint density at radius 1 is 1.36 bits per heavy atom. The highest BCUT2D eigenvalue weighted by atomic mass is 32.1. The molecule has 0 radical (unpaired) electrons. The molecule has 4 rings (SSSR count). The zero-order valence-corrected chi connectivity index (χ0v) is 17.4. The molecule has 0 saturated carbocycles. The summed E-state index contributed by atoms with van der Waals surface area (Å²) in [5.74, 6) is 2.05. The van der Waals surface area contributed by atoms with E-state index >= 15 is 0 Å². The molecule has 1 N–H and O–H groups in total. The van der Waals surface area contributed by atoms with Gasteiger partial charge in [-0.1, -0.05) is 12.1 Å². The first-order valence-electron chi connectivity index (χ1n) is 9.50. The maximum absolute atomic E-state index is 12.5. The van der Waals surface area contributed by atoms with Gasteiger partial charge in [-0.3, -0.25) is 9.36 Å². The second-order valence-electron chi connectivity index (χ2n) is 7.56. The van der Waals surface area contributed by atoms with E-state index in [0.29, 0.717) is 5.92 Å². The maximum atomic E-state index is 12.5. The van der Waals surface area contributed by atoms with Crippen LogP contribution in [-0.4, -0.2) is 21.8 Å². The Morgan fingerprint density at radius 3 is 2.93 bits per heavy atom. The van der Waals surface area contributed by atoms with Gasteiger partial charge in [0.2, 0.25) is 0 Å². The van der Waals surface area contributed by atoms with Crippen molar-refractivity contribution >= 4 is 23.5 Å². The Bertz CT molecular complexity index is 1060. The molecule has 7 heteroatoms. The van der Waals surface area contributed by atoms with Crippen molar-refractivity contribution in [2.75, 3.05) is 0 Å². The van der Waals surface area contributed by atoms with Crippen molar-refractivity contribution in [3.05, 3.63) is 56.2 Å². The third-order valence-corrected chi connectivity index (χ3v) is 6.47. The minimum atomic E-state index is -0.149. The molecule has 1 aliphatic carbocycles. The summed E-state index contributed by atoms with van der Waals surface area (Å²) >= 11 is 1.59. The fourth-order valence-corrected chi connectivity index (χ4v) is 4.86. The highest BCUT2D eigenvalue weighted by Crippen LogP contribution is 2.32. The SMILES string of the molecule is Cc1cc(-n2c(C)cc(/C=N\NC(=O)c3cc4c(s3)CC[C@@H](C)C4)c2C)no1. The van der Waals surface area contributed by atoms with E-state index < -0.39 is 0 Å². The number of nitrogens with one attached hydrogen (secondary N) is 1. The number of thiophene rings is 1. The van der Waals surface area contributed by atoms with Gasteiger partial charge in [0.15, 0.2) is 5.82 Å². The molecule has 1 aliphatic rings. The van der Waals surface area contributed by atoms with Crippen LogP contribution in [-0.2, 0) is 12.8 Å². The van der Waals surface area contributed by atoms with E-state index in [2.05, 4.69) is 22.6 Å². The molecule has 1 atom stereocenters. The van der Waals surface area contributed by atoms with Crippen LogP contribution in [0, 0.1) is 26.7 Å². The molecule has 0 unspecified atom stereocenters. The van der Waals surface area contributed by atoms with Gasteiger partial charge in [0, 0.05) is 27.9 Å². The minimum Gasteiger partial charge on any atom is -0.360 e. The van der Waals surface area contributed by atoms with E-state index in [9.17, 15) is 4.79 Å². The summed E-state index contributed by atoms with van der Waals surface area (Å²) in [6.45, 7) is 8.13. The van der Waals surface area contributed by atoms with Crippen LogP contribution in [0.2, 0.25) is 0 Å². The van der Waals surface area contributed by atoms with E-state index in [-0.39, 0.29) is 5.91 Å². The van der Waals surface area contributed by atoms with E-state index in [1.165, 1.54) is 16.9 Å². The lowest BCUT2D eigenvalue weighted by atomic mass is 9.90. The van der Waals surface area contributed by atoms with Gasteiger partial charge < -0.3 is 4.52 Å². The molecular weight excluding hydrogens is 372 g/mol. The number of amides is 1. The van der Waals surface area contributed by atoms with Gasteiger partial charge in [0.25, 0.3) is 5.91 Å². The van der Waals surface area contributed by atoms with Crippen molar-refractivity contribution in [1.29, 1.82) is 0 Å². The number of carbonyl (C=O) groups is 1. The van der Waals surface area contributed by atoms with Crippen molar-refractivity contribution < 1.29 is 9.32 Å². The quantitative estimate of drug-likeness (QED) is 0.527. The second kappa shape index (κ2) is 7.39. The van der Waals surface area contributed by atoms with Crippen LogP contribution >= 0.6 is 11.3 Å². The average molecular weight is 397 g/mol. The van der Waals surface area contributed by atoms with Gasteiger partial charge >= 0.3 is 0 Å². The first-order chi connectivity index (χ1) is 13.4. The molecule has 3 aromatic heterocycles. The van der Waals surface area contributed by atoms with Gasteiger partial charge in [0.05, 0.1) is 11.1 Å².